The SMILES string of the molecule is Cn1cccc(Nc2nn(-c3ccc(OC(F)(F)F)cc3)c(=O)c3c2CC=CC3)c1=O. The summed E-state index contributed by atoms with van der Waals surface area (Å²) in [7, 11) is 1.62. The molecular weight excluding hydrogens is 413 g/mol. The van der Waals surface area contributed by atoms with Crippen LogP contribution in [0.2, 0.25) is 0 Å². The quantitative estimate of drug-likeness (QED) is 0.643. The van der Waals surface area contributed by atoms with Crippen LogP contribution in [0.4, 0.5) is 24.7 Å². The molecule has 0 saturated heterocycles. The van der Waals surface area contributed by atoms with Gasteiger partial charge in [0, 0.05) is 24.4 Å². The van der Waals surface area contributed by atoms with Gasteiger partial charge in [0.15, 0.2) is 5.82 Å². The van der Waals surface area contributed by atoms with Gasteiger partial charge in [-0.3, -0.25) is 9.59 Å². The lowest BCUT2D eigenvalue weighted by atomic mass is 9.99. The van der Waals surface area contributed by atoms with Gasteiger partial charge in [-0.1, -0.05) is 12.2 Å². The molecule has 160 valence electrons. The first-order valence-corrected chi connectivity index (χ1v) is 9.32. The lowest BCUT2D eigenvalue weighted by Gasteiger charge is -2.18. The van der Waals surface area contributed by atoms with Crippen LogP contribution in [0.25, 0.3) is 5.69 Å². The van der Waals surface area contributed by atoms with Crippen LogP contribution in [0.1, 0.15) is 11.1 Å². The number of hydrogen-bond donors (Lipinski definition) is 1. The van der Waals surface area contributed by atoms with Crippen molar-refractivity contribution in [3.05, 3.63) is 86.6 Å². The number of pyridine rings is 1. The van der Waals surface area contributed by atoms with Gasteiger partial charge in [-0.05, 0) is 49.2 Å². The highest BCUT2D eigenvalue weighted by atomic mass is 19.4. The second-order valence-electron chi connectivity index (χ2n) is 6.91. The maximum Gasteiger partial charge on any atom is 0.573 e. The molecule has 7 nitrogen and oxygen atoms in total. The van der Waals surface area contributed by atoms with Gasteiger partial charge in [0.25, 0.3) is 11.1 Å². The number of halogens is 3. The molecule has 2 heterocycles. The zero-order valence-electron chi connectivity index (χ0n) is 16.3. The number of nitrogens with one attached hydrogen (secondary N) is 1. The Hall–Kier alpha value is -3.82. The molecule has 0 radical (unpaired) electrons. The summed E-state index contributed by atoms with van der Waals surface area (Å²) in [5, 5.41) is 7.38. The van der Waals surface area contributed by atoms with Gasteiger partial charge < -0.3 is 14.6 Å². The summed E-state index contributed by atoms with van der Waals surface area (Å²) >= 11 is 0. The molecule has 0 atom stereocenters. The maximum atomic E-state index is 13.0. The number of benzene rings is 1. The van der Waals surface area contributed by atoms with Gasteiger partial charge in [-0.15, -0.1) is 18.3 Å². The van der Waals surface area contributed by atoms with Crippen molar-refractivity contribution in [3.63, 3.8) is 0 Å². The maximum absolute atomic E-state index is 13.0. The number of nitrogens with zero attached hydrogens (tertiary/aromatic N) is 3. The first-order chi connectivity index (χ1) is 14.7. The molecular formula is C21H17F3N4O3. The van der Waals surface area contributed by atoms with E-state index in [0.29, 0.717) is 29.8 Å². The third-order valence-corrected chi connectivity index (χ3v) is 4.80. The van der Waals surface area contributed by atoms with E-state index in [4.69, 9.17) is 0 Å². The molecule has 10 heteroatoms. The largest absolute Gasteiger partial charge is 0.573 e. The highest BCUT2D eigenvalue weighted by molar-refractivity contribution is 5.61. The van der Waals surface area contributed by atoms with Gasteiger partial charge in [0.2, 0.25) is 0 Å². The highest BCUT2D eigenvalue weighted by Gasteiger charge is 2.31. The van der Waals surface area contributed by atoms with Crippen molar-refractivity contribution in [1.82, 2.24) is 14.3 Å². The Bertz CT molecular complexity index is 1270. The van der Waals surface area contributed by atoms with Crippen molar-refractivity contribution in [2.24, 2.45) is 7.05 Å². The fraction of sp³-hybridized carbons (Fsp3) is 0.190. The Kier molecular flexibility index (Phi) is 5.14. The number of anilines is 2. The van der Waals surface area contributed by atoms with Crippen molar-refractivity contribution in [2.75, 3.05) is 5.32 Å². The average Bonchev–Trinajstić information content (AvgIpc) is 2.73. The summed E-state index contributed by atoms with van der Waals surface area (Å²) in [6.45, 7) is 0. The molecule has 31 heavy (non-hydrogen) atoms. The molecule has 0 aliphatic heterocycles. The first-order valence-electron chi connectivity index (χ1n) is 9.32. The van der Waals surface area contributed by atoms with E-state index in [1.165, 1.54) is 16.7 Å². The van der Waals surface area contributed by atoms with E-state index in [1.54, 1.807) is 25.4 Å². The molecule has 0 saturated carbocycles. The fourth-order valence-corrected chi connectivity index (χ4v) is 3.32. The molecule has 0 unspecified atom stereocenters. The predicted octanol–water partition coefficient (Wildman–Crippen LogP) is 3.23. The average molecular weight is 430 g/mol. The third kappa shape index (κ3) is 4.23. The highest BCUT2D eigenvalue weighted by Crippen LogP contribution is 2.26. The number of aromatic nitrogens is 3. The number of fused-ring (bicyclic) bond motifs is 1. The first kappa shape index (κ1) is 20.5. The summed E-state index contributed by atoms with van der Waals surface area (Å²) in [5.41, 5.74) is 1.08. The van der Waals surface area contributed by atoms with E-state index in [1.807, 2.05) is 12.2 Å². The third-order valence-electron chi connectivity index (χ3n) is 4.80. The monoisotopic (exact) mass is 430 g/mol. The van der Waals surface area contributed by atoms with Gasteiger partial charge in [0.05, 0.1) is 5.69 Å². The van der Waals surface area contributed by atoms with Crippen LogP contribution in [-0.2, 0) is 19.9 Å². The molecule has 0 amide bonds. The van der Waals surface area contributed by atoms with Crippen molar-refractivity contribution in [3.8, 4) is 11.4 Å². The Morgan fingerprint density at radius 3 is 2.35 bits per heavy atom. The minimum absolute atomic E-state index is 0.265. The molecule has 1 aliphatic rings. The van der Waals surface area contributed by atoms with Crippen molar-refractivity contribution >= 4 is 11.5 Å². The van der Waals surface area contributed by atoms with Crippen LogP contribution in [0, 0.1) is 0 Å². The molecule has 1 aromatic carbocycles. The number of allylic oxidation sites excluding steroid dienone is 2. The summed E-state index contributed by atoms with van der Waals surface area (Å²) in [4.78, 5) is 25.4. The van der Waals surface area contributed by atoms with Gasteiger partial charge in [-0.25, -0.2) is 0 Å². The van der Waals surface area contributed by atoms with E-state index in [2.05, 4.69) is 15.2 Å². The molecule has 1 aliphatic carbocycles. The van der Waals surface area contributed by atoms with Gasteiger partial charge in [0.1, 0.15) is 11.4 Å². The van der Waals surface area contributed by atoms with E-state index in [-0.39, 0.29) is 22.5 Å². The number of aryl methyl sites for hydroxylation is 1. The van der Waals surface area contributed by atoms with Crippen molar-refractivity contribution < 1.29 is 17.9 Å². The topological polar surface area (TPSA) is 78.2 Å². The van der Waals surface area contributed by atoms with E-state index in [9.17, 15) is 22.8 Å². The standard InChI is InChI=1S/C21H17F3N4O3/c1-27-12-4-7-17(20(27)30)25-18-15-5-2-3-6-16(15)19(29)28(26-18)13-8-10-14(11-9-13)31-21(22,23)24/h2-4,7-12H,5-6H2,1H3,(H,25,26). The van der Waals surface area contributed by atoms with E-state index >= 15 is 0 Å². The Morgan fingerprint density at radius 1 is 1.00 bits per heavy atom. The molecule has 2 aromatic heterocycles. The molecule has 0 fully saturated rings. The smallest absolute Gasteiger partial charge is 0.406 e. The van der Waals surface area contributed by atoms with E-state index < -0.39 is 12.1 Å². The Labute approximate surface area is 174 Å². The minimum Gasteiger partial charge on any atom is -0.406 e. The molecule has 0 bridgehead atoms. The summed E-state index contributed by atoms with van der Waals surface area (Å²) in [6, 6.07) is 8.14. The Morgan fingerprint density at radius 2 is 1.68 bits per heavy atom. The van der Waals surface area contributed by atoms with Crippen molar-refractivity contribution in [2.45, 2.75) is 19.2 Å². The lowest BCUT2D eigenvalue weighted by Crippen LogP contribution is -2.29. The summed E-state index contributed by atoms with van der Waals surface area (Å²) in [6.07, 6.45) is 1.42. The molecule has 4 rings (SSSR count). The van der Waals surface area contributed by atoms with Crippen LogP contribution >= 0.6 is 0 Å². The van der Waals surface area contributed by atoms with Crippen LogP contribution in [0.3, 0.4) is 0 Å². The summed E-state index contributed by atoms with van der Waals surface area (Å²) < 4.78 is 43.6. The molecule has 3 aromatic rings. The summed E-state index contributed by atoms with van der Waals surface area (Å²) in [5.74, 6) is -0.0748. The number of ether oxygens (including phenoxy) is 1. The van der Waals surface area contributed by atoms with E-state index in [0.717, 1.165) is 16.8 Å². The number of rotatable bonds is 4. The molecule has 1 N–H and O–H groups in total. The molecule has 0 spiro atoms. The Balaban J connectivity index is 1.79. The lowest BCUT2D eigenvalue weighted by molar-refractivity contribution is -0.274. The number of alkyl halides is 3. The second kappa shape index (κ2) is 7.78. The van der Waals surface area contributed by atoms with Crippen LogP contribution in [-0.4, -0.2) is 20.7 Å². The fourth-order valence-electron chi connectivity index (χ4n) is 3.32. The second-order valence-corrected chi connectivity index (χ2v) is 6.91. The normalized spacial score (nSPS) is 13.0. The number of hydrogen-bond acceptors (Lipinski definition) is 5. The predicted molar refractivity (Wildman–Crippen MR) is 108 cm³/mol. The van der Waals surface area contributed by atoms with Crippen LogP contribution in [0.15, 0.2) is 64.3 Å². The zero-order valence-corrected chi connectivity index (χ0v) is 16.3. The minimum atomic E-state index is -4.81. The van der Waals surface area contributed by atoms with Gasteiger partial charge >= 0.3 is 6.36 Å². The van der Waals surface area contributed by atoms with Crippen LogP contribution < -0.4 is 21.2 Å². The van der Waals surface area contributed by atoms with Crippen molar-refractivity contribution in [1.29, 1.82) is 0 Å². The van der Waals surface area contributed by atoms with Gasteiger partial charge in [-0.2, -0.15) is 4.68 Å². The zero-order chi connectivity index (χ0) is 22.2. The van der Waals surface area contributed by atoms with Crippen LogP contribution in [0.5, 0.6) is 5.75 Å².